The molecule has 2 unspecified atom stereocenters. The molecule has 0 aromatic carbocycles. The van der Waals surface area contributed by atoms with E-state index in [9.17, 15) is 9.59 Å². The van der Waals surface area contributed by atoms with Gasteiger partial charge in [-0.15, -0.1) is 11.8 Å². The van der Waals surface area contributed by atoms with Crippen LogP contribution < -0.4 is 5.32 Å². The minimum absolute atomic E-state index is 0.00766. The van der Waals surface area contributed by atoms with Gasteiger partial charge in [0.2, 0.25) is 5.91 Å². The summed E-state index contributed by atoms with van der Waals surface area (Å²) >= 11 is 1.17. The standard InChI is InChI=1S/C11H21NO4S/c1-7(2)9(11(14)15)17-8(3)10(13)12-5-6-16-4/h7-9H,5-6H2,1-4H3,(H,12,13)(H,14,15). The van der Waals surface area contributed by atoms with E-state index in [1.807, 2.05) is 13.8 Å². The number of aliphatic carboxylic acids is 1. The van der Waals surface area contributed by atoms with Gasteiger partial charge in [-0.3, -0.25) is 9.59 Å². The van der Waals surface area contributed by atoms with Crippen LogP contribution in [0.3, 0.4) is 0 Å². The van der Waals surface area contributed by atoms with Crippen LogP contribution in [0.25, 0.3) is 0 Å². The van der Waals surface area contributed by atoms with Crippen molar-refractivity contribution in [2.75, 3.05) is 20.3 Å². The van der Waals surface area contributed by atoms with Crippen LogP contribution in [0.2, 0.25) is 0 Å². The average Bonchev–Trinajstić information content (AvgIpc) is 2.24. The summed E-state index contributed by atoms with van der Waals surface area (Å²) in [5.41, 5.74) is 0. The maximum Gasteiger partial charge on any atom is 0.316 e. The van der Waals surface area contributed by atoms with E-state index < -0.39 is 11.2 Å². The van der Waals surface area contributed by atoms with Crippen molar-refractivity contribution >= 4 is 23.6 Å². The summed E-state index contributed by atoms with van der Waals surface area (Å²) in [4.78, 5) is 22.6. The molecule has 100 valence electrons. The molecule has 0 radical (unpaired) electrons. The van der Waals surface area contributed by atoms with Crippen molar-refractivity contribution in [3.8, 4) is 0 Å². The van der Waals surface area contributed by atoms with Crippen LogP contribution >= 0.6 is 11.8 Å². The number of carboxylic acids is 1. The van der Waals surface area contributed by atoms with Gasteiger partial charge in [0.05, 0.1) is 11.9 Å². The number of thioether (sulfide) groups is 1. The lowest BCUT2D eigenvalue weighted by Crippen LogP contribution is -2.36. The molecule has 6 heteroatoms. The number of hydrogen-bond donors (Lipinski definition) is 2. The van der Waals surface area contributed by atoms with E-state index in [4.69, 9.17) is 9.84 Å². The highest BCUT2D eigenvalue weighted by atomic mass is 32.2. The Bertz CT molecular complexity index is 258. The fourth-order valence-electron chi connectivity index (χ4n) is 1.20. The summed E-state index contributed by atoms with van der Waals surface area (Å²) in [7, 11) is 1.56. The van der Waals surface area contributed by atoms with Crippen LogP contribution in [0.1, 0.15) is 20.8 Å². The first kappa shape index (κ1) is 16.2. The van der Waals surface area contributed by atoms with Crippen LogP contribution in [0, 0.1) is 5.92 Å². The molecule has 0 heterocycles. The molecule has 0 fully saturated rings. The largest absolute Gasteiger partial charge is 0.480 e. The SMILES string of the molecule is COCCNC(=O)C(C)SC(C(=O)O)C(C)C. The number of carbonyl (C=O) groups is 2. The highest BCUT2D eigenvalue weighted by molar-refractivity contribution is 8.01. The van der Waals surface area contributed by atoms with Crippen molar-refractivity contribution in [1.82, 2.24) is 5.32 Å². The van der Waals surface area contributed by atoms with Crippen molar-refractivity contribution in [2.24, 2.45) is 5.92 Å². The van der Waals surface area contributed by atoms with Crippen molar-refractivity contribution in [3.05, 3.63) is 0 Å². The molecule has 1 amide bonds. The van der Waals surface area contributed by atoms with E-state index >= 15 is 0 Å². The molecule has 2 atom stereocenters. The van der Waals surface area contributed by atoms with Gasteiger partial charge in [-0.2, -0.15) is 0 Å². The summed E-state index contributed by atoms with van der Waals surface area (Å²) in [6.45, 7) is 6.28. The molecule has 5 nitrogen and oxygen atoms in total. The minimum Gasteiger partial charge on any atom is -0.480 e. The predicted octanol–water partition coefficient (Wildman–Crippen LogP) is 0.980. The molecule has 0 rings (SSSR count). The Morgan fingerprint density at radius 2 is 1.94 bits per heavy atom. The number of nitrogens with one attached hydrogen (secondary N) is 1. The molecule has 0 bridgehead atoms. The maximum absolute atomic E-state index is 11.6. The molecule has 2 N–H and O–H groups in total. The van der Waals surface area contributed by atoms with E-state index in [1.54, 1.807) is 14.0 Å². The zero-order valence-corrected chi connectivity index (χ0v) is 11.5. The second kappa shape index (κ2) is 8.36. The van der Waals surface area contributed by atoms with Gasteiger partial charge in [0.15, 0.2) is 0 Å². The third-order valence-electron chi connectivity index (χ3n) is 2.17. The summed E-state index contributed by atoms with van der Waals surface area (Å²) in [6, 6.07) is 0. The average molecular weight is 263 g/mol. The lowest BCUT2D eigenvalue weighted by atomic mass is 10.1. The Kier molecular flexibility index (Phi) is 7.99. The van der Waals surface area contributed by atoms with E-state index in [0.717, 1.165) is 0 Å². The fourth-order valence-corrected chi connectivity index (χ4v) is 2.28. The lowest BCUT2D eigenvalue weighted by molar-refractivity contribution is -0.137. The van der Waals surface area contributed by atoms with Crippen LogP contribution in [0.5, 0.6) is 0 Å². The number of rotatable bonds is 8. The molecule has 0 saturated heterocycles. The second-order valence-corrected chi connectivity index (χ2v) is 5.55. The second-order valence-electron chi connectivity index (χ2n) is 4.06. The maximum atomic E-state index is 11.6. The van der Waals surface area contributed by atoms with Crippen LogP contribution in [0.4, 0.5) is 0 Å². The van der Waals surface area contributed by atoms with Gasteiger partial charge >= 0.3 is 5.97 Å². The molecule has 0 saturated carbocycles. The minimum atomic E-state index is -0.874. The summed E-state index contributed by atoms with van der Waals surface area (Å²) in [5, 5.41) is 10.8. The molecular weight excluding hydrogens is 242 g/mol. The van der Waals surface area contributed by atoms with E-state index in [-0.39, 0.29) is 17.1 Å². The third kappa shape index (κ3) is 6.53. The van der Waals surface area contributed by atoms with Gasteiger partial charge in [0, 0.05) is 13.7 Å². The normalized spacial score (nSPS) is 14.4. The summed E-state index contributed by atoms with van der Waals surface area (Å²) in [5.74, 6) is -1.03. The van der Waals surface area contributed by atoms with Crippen molar-refractivity contribution in [2.45, 2.75) is 31.3 Å². The molecule has 0 aliphatic rings. The number of carboxylic acid groups (broad SMARTS) is 1. The van der Waals surface area contributed by atoms with E-state index in [1.165, 1.54) is 11.8 Å². The Morgan fingerprint density at radius 3 is 2.35 bits per heavy atom. The van der Waals surface area contributed by atoms with Gasteiger partial charge in [0.1, 0.15) is 5.25 Å². The first-order valence-electron chi connectivity index (χ1n) is 5.55. The topological polar surface area (TPSA) is 75.6 Å². The highest BCUT2D eigenvalue weighted by Gasteiger charge is 2.27. The van der Waals surface area contributed by atoms with Gasteiger partial charge in [-0.05, 0) is 12.8 Å². The molecular formula is C11H21NO4S. The lowest BCUT2D eigenvalue weighted by Gasteiger charge is -2.19. The monoisotopic (exact) mass is 263 g/mol. The van der Waals surface area contributed by atoms with Gasteiger partial charge in [-0.1, -0.05) is 13.8 Å². The van der Waals surface area contributed by atoms with Crippen LogP contribution in [-0.2, 0) is 14.3 Å². The Morgan fingerprint density at radius 1 is 1.35 bits per heavy atom. The quantitative estimate of drug-likeness (QED) is 0.638. The van der Waals surface area contributed by atoms with Crippen LogP contribution in [0.15, 0.2) is 0 Å². The van der Waals surface area contributed by atoms with Gasteiger partial charge in [-0.25, -0.2) is 0 Å². The van der Waals surface area contributed by atoms with Crippen molar-refractivity contribution < 1.29 is 19.4 Å². The number of hydrogen-bond acceptors (Lipinski definition) is 4. The molecule has 0 spiro atoms. The highest BCUT2D eigenvalue weighted by Crippen LogP contribution is 2.24. The predicted molar refractivity (Wildman–Crippen MR) is 68.2 cm³/mol. The molecule has 0 aromatic heterocycles. The first-order valence-corrected chi connectivity index (χ1v) is 6.49. The number of ether oxygens (including phenoxy) is 1. The Balaban J connectivity index is 4.16. The van der Waals surface area contributed by atoms with Crippen molar-refractivity contribution in [3.63, 3.8) is 0 Å². The van der Waals surface area contributed by atoms with Crippen molar-refractivity contribution in [1.29, 1.82) is 0 Å². The zero-order chi connectivity index (χ0) is 13.4. The number of amides is 1. The van der Waals surface area contributed by atoms with E-state index in [2.05, 4.69) is 5.32 Å². The molecule has 0 aromatic rings. The summed E-state index contributed by atoms with van der Waals surface area (Å²) in [6.07, 6.45) is 0. The number of methoxy groups -OCH3 is 1. The van der Waals surface area contributed by atoms with Gasteiger partial charge in [0.25, 0.3) is 0 Å². The summed E-state index contributed by atoms with van der Waals surface area (Å²) < 4.78 is 4.81. The number of carbonyl (C=O) groups excluding carboxylic acids is 1. The van der Waals surface area contributed by atoms with E-state index in [0.29, 0.717) is 13.2 Å². The zero-order valence-electron chi connectivity index (χ0n) is 10.7. The smallest absolute Gasteiger partial charge is 0.316 e. The third-order valence-corrected chi connectivity index (χ3v) is 3.84. The molecule has 0 aliphatic heterocycles. The Labute approximate surface area is 106 Å². The van der Waals surface area contributed by atoms with Crippen LogP contribution in [-0.4, -0.2) is 47.7 Å². The van der Waals surface area contributed by atoms with Gasteiger partial charge < -0.3 is 15.2 Å². The fraction of sp³-hybridized carbons (Fsp3) is 0.818. The Hall–Kier alpha value is -0.750. The molecule has 17 heavy (non-hydrogen) atoms. The molecule has 0 aliphatic carbocycles. The first-order chi connectivity index (χ1) is 7.90.